The van der Waals surface area contributed by atoms with Gasteiger partial charge in [0.15, 0.2) is 0 Å². The number of hydrogen-bond acceptors (Lipinski definition) is 5. The Kier molecular flexibility index (Phi) is 10.0. The fourth-order valence-electron chi connectivity index (χ4n) is 0.361. The summed E-state index contributed by atoms with van der Waals surface area (Å²) in [4.78, 5) is 4.66. The van der Waals surface area contributed by atoms with Crippen molar-refractivity contribution in [3.05, 3.63) is 0 Å². The first kappa shape index (κ1) is 16.2. The van der Waals surface area contributed by atoms with E-state index in [1.165, 1.54) is 0 Å². The minimum absolute atomic E-state index is 0. The molecule has 0 aliphatic rings. The van der Waals surface area contributed by atoms with Crippen molar-refractivity contribution in [2.45, 2.75) is 13.8 Å². The third kappa shape index (κ3) is 12.7. The minimum Gasteiger partial charge on any atom is -0.396 e. The van der Waals surface area contributed by atoms with E-state index in [0.717, 1.165) is 0 Å². The van der Waals surface area contributed by atoms with E-state index in [1.54, 1.807) is 13.8 Å². The van der Waals surface area contributed by atoms with Crippen molar-refractivity contribution in [1.29, 1.82) is 0 Å². The van der Waals surface area contributed by atoms with Gasteiger partial charge in [-0.25, -0.2) is 0 Å². The summed E-state index contributed by atoms with van der Waals surface area (Å²) >= 11 is 0. The molecule has 73 valence electrons. The monoisotopic (exact) mass is 236 g/mol. The number of hydrogen-bond donors (Lipinski definition) is 1. The maximum atomic E-state index is 10.2. The molecule has 0 fully saturated rings. The molecule has 0 aliphatic carbocycles. The van der Waals surface area contributed by atoms with Gasteiger partial charge >= 0.3 is 9.15 Å². The van der Waals surface area contributed by atoms with Gasteiger partial charge in [-0.05, 0) is 13.8 Å². The van der Waals surface area contributed by atoms with Gasteiger partial charge in [0.25, 0.3) is 0 Å². The van der Waals surface area contributed by atoms with E-state index >= 15 is 0 Å². The van der Waals surface area contributed by atoms with Crippen LogP contribution in [0, 0.1) is 0 Å². The van der Waals surface area contributed by atoms with Gasteiger partial charge < -0.3 is 4.84 Å². The molecule has 0 bridgehead atoms. The van der Waals surface area contributed by atoms with E-state index in [2.05, 4.69) is 9.99 Å². The second-order valence-electron chi connectivity index (χ2n) is 1.93. The zero-order valence-electron chi connectivity index (χ0n) is 7.85. The van der Waals surface area contributed by atoms with Crippen molar-refractivity contribution in [3.8, 4) is 0 Å². The largest absolute Gasteiger partial charge is 0.396 e. The predicted octanol–water partition coefficient (Wildman–Crippen LogP) is 0.554. The first-order valence-corrected chi connectivity index (χ1v) is 6.17. The van der Waals surface area contributed by atoms with Crippen molar-refractivity contribution in [2.24, 2.45) is 5.16 Å². The van der Waals surface area contributed by atoms with Gasteiger partial charge in [-0.15, -0.1) is 0 Å². The molecule has 0 amide bonds. The third-order valence-electron chi connectivity index (χ3n) is 0.766. The Morgan fingerprint density at radius 3 is 2.54 bits per heavy atom. The van der Waals surface area contributed by atoms with Crippen molar-refractivity contribution in [3.63, 3.8) is 0 Å². The van der Waals surface area contributed by atoms with E-state index < -0.39 is 9.15 Å². The number of rotatable bonds is 5. The average Bonchev–Trinajstić information content (AvgIpc) is 1.95. The van der Waals surface area contributed by atoms with Gasteiger partial charge in [0, 0.05) is 40.4 Å². The van der Waals surface area contributed by atoms with Crippen LogP contribution in [0.1, 0.15) is 13.8 Å². The predicted molar refractivity (Wildman–Crippen MR) is 54.5 cm³/mol. The molecule has 0 aromatic carbocycles. The molecule has 0 saturated heterocycles. The first-order valence-electron chi connectivity index (χ1n) is 3.23. The zero-order chi connectivity index (χ0) is 9.61. The van der Waals surface area contributed by atoms with Crippen LogP contribution in [0.25, 0.3) is 0 Å². The molecular formula is C5H11NNaO4S2. The summed E-state index contributed by atoms with van der Waals surface area (Å²) in [6, 6.07) is 0. The fourth-order valence-corrected chi connectivity index (χ4v) is 1.69. The Hall–Kier alpha value is 0.730. The summed E-state index contributed by atoms with van der Waals surface area (Å²) < 4.78 is 28.8. The molecule has 0 spiro atoms. The van der Waals surface area contributed by atoms with E-state index in [9.17, 15) is 8.42 Å². The number of oxime groups is 1. The molecule has 0 unspecified atom stereocenters. The van der Waals surface area contributed by atoms with Crippen molar-refractivity contribution < 1.29 is 17.8 Å². The van der Waals surface area contributed by atoms with Crippen LogP contribution in [0.5, 0.6) is 0 Å². The van der Waals surface area contributed by atoms with Crippen LogP contribution in [-0.4, -0.2) is 60.6 Å². The molecule has 5 nitrogen and oxygen atoms in total. The van der Waals surface area contributed by atoms with Crippen LogP contribution < -0.4 is 0 Å². The Morgan fingerprint density at radius 1 is 1.62 bits per heavy atom. The molecular weight excluding hydrogens is 225 g/mol. The molecule has 1 radical (unpaired) electrons. The van der Waals surface area contributed by atoms with Crippen LogP contribution >= 0.6 is 10.8 Å². The minimum atomic E-state index is -3.96. The van der Waals surface area contributed by atoms with Gasteiger partial charge in [-0.3, -0.25) is 4.55 Å². The van der Waals surface area contributed by atoms with Gasteiger partial charge in [0.05, 0.1) is 11.5 Å². The molecule has 8 heteroatoms. The average molecular weight is 236 g/mol. The quantitative estimate of drug-likeness (QED) is 0.248. The van der Waals surface area contributed by atoms with Crippen molar-refractivity contribution in [1.82, 2.24) is 0 Å². The Balaban J connectivity index is 0. The van der Waals surface area contributed by atoms with E-state index in [-0.39, 0.29) is 35.3 Å². The summed E-state index contributed by atoms with van der Waals surface area (Å²) in [6.07, 6.45) is 0. The molecule has 0 atom stereocenters. The summed E-state index contributed by atoms with van der Waals surface area (Å²) in [5, 5.41) is 3.57. The Labute approximate surface area is 104 Å². The molecule has 0 rings (SSSR count). The summed E-state index contributed by atoms with van der Waals surface area (Å²) in [5.74, 6) is 0.110. The van der Waals surface area contributed by atoms with Crippen LogP contribution in [0.4, 0.5) is 0 Å². The molecule has 0 saturated carbocycles. The molecule has 13 heavy (non-hydrogen) atoms. The van der Waals surface area contributed by atoms with E-state index in [4.69, 9.17) is 4.55 Å². The maximum Gasteiger partial charge on any atom is 0.320 e. The topological polar surface area (TPSA) is 76.0 Å². The van der Waals surface area contributed by atoms with E-state index in [1.807, 2.05) is 0 Å². The van der Waals surface area contributed by atoms with Crippen LogP contribution in [0.15, 0.2) is 5.16 Å². The standard InChI is InChI=1S/C5H11NO4S2.Na/c1-3-10-6-5(2)4-11-12(7,8)9;/h3-4H2,1-2H3,(H,7,8,9);. The zero-order valence-corrected chi connectivity index (χ0v) is 11.5. The molecule has 0 aromatic rings. The molecule has 0 heterocycles. The maximum absolute atomic E-state index is 10.2. The molecule has 0 aliphatic heterocycles. The van der Waals surface area contributed by atoms with E-state index in [0.29, 0.717) is 23.1 Å². The van der Waals surface area contributed by atoms with Crippen LogP contribution in [0.3, 0.4) is 0 Å². The fraction of sp³-hybridized carbons (Fsp3) is 0.800. The van der Waals surface area contributed by atoms with Crippen molar-refractivity contribution in [2.75, 3.05) is 12.4 Å². The van der Waals surface area contributed by atoms with Gasteiger partial charge in [0.1, 0.15) is 6.61 Å². The Bertz CT molecular complexity index is 251. The second kappa shape index (κ2) is 8.07. The van der Waals surface area contributed by atoms with Crippen LogP contribution in [-0.2, 0) is 14.0 Å². The summed E-state index contributed by atoms with van der Waals surface area (Å²) in [7, 11) is -3.55. The first-order chi connectivity index (χ1) is 5.45. The van der Waals surface area contributed by atoms with Gasteiger partial charge in [-0.2, -0.15) is 8.42 Å². The van der Waals surface area contributed by atoms with Crippen molar-refractivity contribution >= 4 is 55.2 Å². The summed E-state index contributed by atoms with van der Waals surface area (Å²) in [5.41, 5.74) is 0.513. The second-order valence-corrected chi connectivity index (χ2v) is 5.28. The smallest absolute Gasteiger partial charge is 0.320 e. The van der Waals surface area contributed by atoms with Crippen LogP contribution in [0.2, 0.25) is 0 Å². The molecule has 0 aromatic heterocycles. The normalized spacial score (nSPS) is 12.1. The molecule has 1 N–H and O–H groups in total. The third-order valence-corrected chi connectivity index (χ3v) is 2.85. The van der Waals surface area contributed by atoms with Gasteiger partial charge in [-0.1, -0.05) is 5.16 Å². The van der Waals surface area contributed by atoms with Gasteiger partial charge in [0.2, 0.25) is 0 Å². The Morgan fingerprint density at radius 2 is 2.15 bits per heavy atom. The summed E-state index contributed by atoms with van der Waals surface area (Å²) in [6.45, 7) is 3.83. The number of nitrogens with zero attached hydrogens (tertiary/aromatic N) is 1. The SMILES string of the molecule is CCON=C(C)CSS(=O)(=O)O.[Na].